The first-order valence-corrected chi connectivity index (χ1v) is 27.1. The molecule has 2 unspecified atom stereocenters. The molecule has 6 aliphatic rings. The molecule has 2 atom stereocenters. The monoisotopic (exact) mass is 979 g/mol. The summed E-state index contributed by atoms with van der Waals surface area (Å²) < 4.78 is 10.8. The van der Waals surface area contributed by atoms with Gasteiger partial charge in [0.15, 0.2) is 0 Å². The highest BCUT2D eigenvalue weighted by Gasteiger charge is 2.41. The lowest BCUT2D eigenvalue weighted by Crippen LogP contribution is -2.50. The zero-order valence-electron chi connectivity index (χ0n) is 46.1. The van der Waals surface area contributed by atoms with Crippen LogP contribution in [0.25, 0.3) is 11.1 Å². The lowest BCUT2D eigenvalue weighted by atomic mass is 9.79. The zero-order valence-corrected chi connectivity index (χ0v) is 46.1. The van der Waals surface area contributed by atoms with Gasteiger partial charge in [-0.05, 0) is 207 Å². The molecule has 0 radical (unpaired) electrons. The molecule has 2 aromatic carbocycles. The quantitative estimate of drug-likeness (QED) is 0.268. The Kier molecular flexibility index (Phi) is 18.4. The van der Waals surface area contributed by atoms with Gasteiger partial charge in [-0.2, -0.15) is 0 Å². The average molecular weight is 979 g/mol. The number of ether oxygens (including phenoxy) is 2. The normalized spacial score (nSPS) is 23.9. The predicted octanol–water partition coefficient (Wildman–Crippen LogP) is 12.3. The fourth-order valence-corrected chi connectivity index (χ4v) is 12.2. The van der Waals surface area contributed by atoms with Crippen molar-refractivity contribution in [3.63, 3.8) is 0 Å². The summed E-state index contributed by atoms with van der Waals surface area (Å²) in [5, 5.41) is 12.6. The topological polar surface area (TPSA) is 129 Å². The fourth-order valence-electron chi connectivity index (χ4n) is 12.2. The lowest BCUT2D eigenvalue weighted by molar-refractivity contribution is -0.143. The van der Waals surface area contributed by atoms with Crippen LogP contribution in [0, 0.1) is 49.4 Å². The van der Waals surface area contributed by atoms with E-state index in [4.69, 9.17) is 14.6 Å². The van der Waals surface area contributed by atoms with Crippen LogP contribution >= 0.6 is 0 Å². The van der Waals surface area contributed by atoms with Crippen molar-refractivity contribution in [1.29, 1.82) is 0 Å². The number of hydrogen-bond acceptors (Lipinski definition) is 7. The van der Waals surface area contributed by atoms with E-state index < -0.39 is 17.2 Å². The Morgan fingerprint density at radius 1 is 0.662 bits per heavy atom. The van der Waals surface area contributed by atoms with E-state index in [1.54, 1.807) is 33.6 Å². The van der Waals surface area contributed by atoms with Gasteiger partial charge in [0.2, 0.25) is 5.91 Å². The van der Waals surface area contributed by atoms with E-state index in [1.165, 1.54) is 51.8 Å². The molecule has 8 rings (SSSR count). The molecule has 2 aromatic rings. The maximum absolute atomic E-state index is 13.8. The van der Waals surface area contributed by atoms with Crippen molar-refractivity contribution in [2.45, 2.75) is 183 Å². The number of hydrogen-bond donors (Lipinski definition) is 2. The number of nitrogens with zero attached hydrogens (tertiary/aromatic N) is 3. The van der Waals surface area contributed by atoms with Crippen LogP contribution in [0.3, 0.4) is 0 Å². The maximum atomic E-state index is 13.8. The van der Waals surface area contributed by atoms with E-state index in [-0.39, 0.29) is 30.1 Å². The fraction of sp³-hybridized carbons (Fsp3) is 0.667. The molecule has 2 N–H and O–H groups in total. The molecule has 11 nitrogen and oxygen atoms in total. The molecule has 2 heterocycles. The number of aliphatic carboxylic acids is 1. The third-order valence-corrected chi connectivity index (χ3v) is 15.6. The molecular formula is C60H90N4O7. The molecular weight excluding hydrogens is 889 g/mol. The second-order valence-electron chi connectivity index (χ2n) is 24.6. The van der Waals surface area contributed by atoms with Crippen LogP contribution in [-0.4, -0.2) is 107 Å². The number of amides is 3. The first kappa shape index (κ1) is 55.7. The van der Waals surface area contributed by atoms with Gasteiger partial charge in [0.25, 0.3) is 0 Å². The minimum absolute atomic E-state index is 0.104. The molecule has 3 amide bonds. The number of fused-ring (bicyclic) bond motifs is 4. The van der Waals surface area contributed by atoms with Crippen LogP contribution in [0.15, 0.2) is 47.5 Å². The van der Waals surface area contributed by atoms with Gasteiger partial charge in [0.1, 0.15) is 11.2 Å². The summed E-state index contributed by atoms with van der Waals surface area (Å²) >= 11 is 0. The molecule has 2 aliphatic heterocycles. The smallest absolute Gasteiger partial charge is 0.410 e. The van der Waals surface area contributed by atoms with Gasteiger partial charge in [0, 0.05) is 45.7 Å². The van der Waals surface area contributed by atoms with Crippen LogP contribution in [0.1, 0.15) is 167 Å². The van der Waals surface area contributed by atoms with Gasteiger partial charge < -0.3 is 34.6 Å². The lowest BCUT2D eigenvalue weighted by Gasteiger charge is -2.42. The zero-order chi connectivity index (χ0) is 52.1. The van der Waals surface area contributed by atoms with E-state index >= 15 is 0 Å². The Labute approximate surface area is 427 Å². The summed E-state index contributed by atoms with van der Waals surface area (Å²) in [5.74, 6) is 1.46. The second kappa shape index (κ2) is 23.5. The summed E-state index contributed by atoms with van der Waals surface area (Å²) in [4.78, 5) is 54.3. The average Bonchev–Trinajstić information content (AvgIpc) is 3.85. The Balaban J connectivity index is 0.000000192. The largest absolute Gasteiger partial charge is 0.481 e. The standard InChI is InChI=1S/C30H44N2O3.C16H21N.C14H25NO4/c1-19(2)27-26-17-23-16-20(3)8-13-24(23)25(26)14-15-32(27)28(33)22-11-9-21(10-12-22)18-31(7)29(34)35-30(4,5)6;1-10(2)16-15-9-12-8-11(3)4-5-13(12)14(15)6-7-17-16;1-14(2,3)19-13(18)15(4)9-10-5-7-11(8-6-10)12(16)17/h8,13,16,19,21-22,27H,9-12,14-15,17-18H2,1-7H3;4-5,8,10,16-17H,6-7,9H2,1-3H3;10-11H,5-9H2,1-4H3,(H,16,17). The summed E-state index contributed by atoms with van der Waals surface area (Å²) in [6, 6.07) is 14.6. The van der Waals surface area contributed by atoms with Crippen molar-refractivity contribution in [1.82, 2.24) is 20.0 Å². The van der Waals surface area contributed by atoms with Crippen molar-refractivity contribution in [2.75, 3.05) is 40.3 Å². The molecule has 0 saturated heterocycles. The summed E-state index contributed by atoms with van der Waals surface area (Å²) in [6.45, 7) is 28.0. The van der Waals surface area contributed by atoms with Gasteiger partial charge in [0.05, 0.1) is 12.0 Å². The van der Waals surface area contributed by atoms with Gasteiger partial charge in [-0.1, -0.05) is 75.2 Å². The number of carboxylic acid groups (broad SMARTS) is 1. The van der Waals surface area contributed by atoms with Crippen molar-refractivity contribution >= 4 is 35.2 Å². The molecule has 0 spiro atoms. The van der Waals surface area contributed by atoms with Gasteiger partial charge in [-0.3, -0.25) is 9.59 Å². The highest BCUT2D eigenvalue weighted by atomic mass is 16.6. The van der Waals surface area contributed by atoms with Crippen LogP contribution in [0.5, 0.6) is 0 Å². The SMILES string of the molecule is CN(CC1CCC(C(=O)O)CC1)C(=O)OC(C)(C)C.Cc1ccc2c(c1)CC1=C2CCN(C(=O)C2CCC(CN(C)C(=O)OC(C)(C)C)CC2)C1C(C)C.Cc1ccc2c(c1)CC1=C2CCNC1C(C)C. The van der Waals surface area contributed by atoms with E-state index in [9.17, 15) is 19.2 Å². The Morgan fingerprint density at radius 3 is 1.55 bits per heavy atom. The van der Waals surface area contributed by atoms with Crippen molar-refractivity contribution < 1.29 is 33.8 Å². The minimum Gasteiger partial charge on any atom is -0.481 e. The molecule has 2 fully saturated rings. The van der Waals surface area contributed by atoms with E-state index in [0.29, 0.717) is 61.6 Å². The summed E-state index contributed by atoms with van der Waals surface area (Å²) in [7, 11) is 3.55. The predicted molar refractivity (Wildman–Crippen MR) is 286 cm³/mol. The van der Waals surface area contributed by atoms with Crippen LogP contribution in [-0.2, 0) is 31.9 Å². The third kappa shape index (κ3) is 14.5. The van der Waals surface area contributed by atoms with Crippen molar-refractivity contribution in [2.24, 2.45) is 35.5 Å². The van der Waals surface area contributed by atoms with Gasteiger partial charge in [-0.25, -0.2) is 9.59 Å². The number of nitrogens with one attached hydrogen (secondary N) is 1. The molecule has 0 aromatic heterocycles. The first-order chi connectivity index (χ1) is 33.3. The minimum atomic E-state index is -0.695. The second-order valence-corrected chi connectivity index (χ2v) is 24.6. The number of benzene rings is 2. The maximum Gasteiger partial charge on any atom is 0.410 e. The Morgan fingerprint density at radius 2 is 1.11 bits per heavy atom. The summed E-state index contributed by atoms with van der Waals surface area (Å²) in [6.07, 6.45) is 10.7. The van der Waals surface area contributed by atoms with Crippen molar-refractivity contribution in [3.8, 4) is 0 Å². The molecule has 71 heavy (non-hydrogen) atoms. The Bertz CT molecular complexity index is 2280. The van der Waals surface area contributed by atoms with Crippen LogP contribution < -0.4 is 5.32 Å². The number of aryl methyl sites for hydroxylation is 2. The summed E-state index contributed by atoms with van der Waals surface area (Å²) in [5.41, 5.74) is 13.9. The first-order valence-electron chi connectivity index (χ1n) is 27.1. The molecule has 11 heteroatoms. The molecule has 0 bridgehead atoms. The number of rotatable bonds is 8. The van der Waals surface area contributed by atoms with E-state index in [0.717, 1.165) is 64.5 Å². The van der Waals surface area contributed by atoms with Gasteiger partial charge in [-0.15, -0.1) is 0 Å². The van der Waals surface area contributed by atoms with E-state index in [2.05, 4.69) is 88.2 Å². The number of carbonyl (C=O) groups excluding carboxylic acids is 3. The number of carbonyl (C=O) groups is 4. The van der Waals surface area contributed by atoms with E-state index in [1.807, 2.05) is 48.6 Å². The van der Waals surface area contributed by atoms with Crippen LogP contribution in [0.4, 0.5) is 9.59 Å². The highest BCUT2D eigenvalue weighted by Crippen LogP contribution is 2.45. The highest BCUT2D eigenvalue weighted by molar-refractivity contribution is 5.85. The number of carboxylic acids is 1. The molecule has 4 aliphatic carbocycles. The third-order valence-electron chi connectivity index (χ3n) is 15.6. The molecule has 392 valence electrons. The van der Waals surface area contributed by atoms with Crippen molar-refractivity contribution in [3.05, 3.63) is 80.9 Å². The van der Waals surface area contributed by atoms with Gasteiger partial charge >= 0.3 is 18.2 Å². The molecule has 2 saturated carbocycles. The van der Waals surface area contributed by atoms with Crippen LogP contribution in [0.2, 0.25) is 0 Å². The Hall–Kier alpha value is -4.64.